The smallest absolute Gasteiger partial charge is 0.237 e. The van der Waals surface area contributed by atoms with Gasteiger partial charge >= 0.3 is 0 Å². The van der Waals surface area contributed by atoms with E-state index in [-0.39, 0.29) is 23.3 Å². The summed E-state index contributed by atoms with van der Waals surface area (Å²) in [4.78, 5) is 39.4. The number of amides is 2. The van der Waals surface area contributed by atoms with Crippen LogP contribution in [0.2, 0.25) is 0 Å². The van der Waals surface area contributed by atoms with Crippen LogP contribution in [-0.2, 0) is 16.0 Å². The zero-order valence-corrected chi connectivity index (χ0v) is 21.0. The van der Waals surface area contributed by atoms with Gasteiger partial charge in [-0.15, -0.1) is 0 Å². The van der Waals surface area contributed by atoms with Gasteiger partial charge in [0, 0.05) is 18.9 Å². The topological polar surface area (TPSA) is 87.7 Å². The van der Waals surface area contributed by atoms with E-state index in [4.69, 9.17) is 4.74 Å². The number of hydrogen-bond donors (Lipinski definition) is 1. The third-order valence-electron chi connectivity index (χ3n) is 8.12. The van der Waals surface area contributed by atoms with Crippen LogP contribution in [0.1, 0.15) is 62.2 Å². The molecule has 0 radical (unpaired) electrons. The number of likely N-dealkylation sites (tertiary alicyclic amines) is 2. The Bertz CT molecular complexity index is 1040. The van der Waals surface area contributed by atoms with Gasteiger partial charge < -0.3 is 15.0 Å². The predicted octanol–water partition coefficient (Wildman–Crippen LogP) is 3.14. The molecule has 0 bridgehead atoms. The van der Waals surface area contributed by atoms with E-state index in [1.54, 1.807) is 18.6 Å². The molecule has 3 aliphatic heterocycles. The van der Waals surface area contributed by atoms with Gasteiger partial charge in [-0.05, 0) is 69.7 Å². The second kappa shape index (κ2) is 11.4. The summed E-state index contributed by atoms with van der Waals surface area (Å²) in [5, 5.41) is 3.15. The van der Waals surface area contributed by atoms with E-state index >= 15 is 0 Å². The number of rotatable bonds is 3. The van der Waals surface area contributed by atoms with Gasteiger partial charge in [0.05, 0.1) is 36.4 Å². The maximum absolute atomic E-state index is 13.3. The van der Waals surface area contributed by atoms with Crippen LogP contribution in [0.3, 0.4) is 0 Å². The molecule has 0 aliphatic carbocycles. The summed E-state index contributed by atoms with van der Waals surface area (Å²) in [5.74, 6) is 1.23. The SMILES string of the molecule is O=C(CN1CCC2(CCCCc3ccccc3OCCNC2=O)CC1)N1CCCC1c1cnccn1. The van der Waals surface area contributed by atoms with Crippen molar-refractivity contribution < 1.29 is 14.3 Å². The molecule has 1 atom stereocenters. The zero-order valence-electron chi connectivity index (χ0n) is 21.0. The Hall–Kier alpha value is -3.00. The molecule has 2 amide bonds. The fourth-order valence-corrected chi connectivity index (χ4v) is 6.01. The molecule has 1 aromatic heterocycles. The van der Waals surface area contributed by atoms with Crippen LogP contribution in [0, 0.1) is 5.41 Å². The largest absolute Gasteiger partial charge is 0.491 e. The molecular weight excluding hydrogens is 454 g/mol. The minimum atomic E-state index is -0.353. The third kappa shape index (κ3) is 5.53. The lowest BCUT2D eigenvalue weighted by Crippen LogP contribution is -2.51. The van der Waals surface area contributed by atoms with E-state index in [0.29, 0.717) is 19.7 Å². The molecule has 5 rings (SSSR count). The summed E-state index contributed by atoms with van der Waals surface area (Å²) in [5.41, 5.74) is 1.76. The highest BCUT2D eigenvalue weighted by atomic mass is 16.5. The van der Waals surface area contributed by atoms with Crippen molar-refractivity contribution >= 4 is 11.8 Å². The number of para-hydroxylation sites is 1. The van der Waals surface area contributed by atoms with E-state index in [9.17, 15) is 9.59 Å². The predicted molar refractivity (Wildman–Crippen MR) is 136 cm³/mol. The summed E-state index contributed by atoms with van der Waals surface area (Å²) in [6.45, 7) is 3.69. The first-order valence-electron chi connectivity index (χ1n) is 13.4. The molecule has 1 spiro atoms. The van der Waals surface area contributed by atoms with E-state index in [1.807, 2.05) is 17.0 Å². The van der Waals surface area contributed by atoms with Crippen molar-refractivity contribution in [3.05, 3.63) is 54.1 Å². The van der Waals surface area contributed by atoms with Crippen molar-refractivity contribution in [2.24, 2.45) is 5.41 Å². The van der Waals surface area contributed by atoms with Gasteiger partial charge in [-0.1, -0.05) is 24.6 Å². The number of benzene rings is 1. The monoisotopic (exact) mass is 491 g/mol. The van der Waals surface area contributed by atoms with Crippen molar-refractivity contribution in [2.75, 3.05) is 39.3 Å². The van der Waals surface area contributed by atoms with Crippen LogP contribution >= 0.6 is 0 Å². The molecule has 0 saturated carbocycles. The highest BCUT2D eigenvalue weighted by Crippen LogP contribution is 2.38. The number of aryl methyl sites for hydroxylation is 1. The lowest BCUT2D eigenvalue weighted by atomic mass is 9.73. The molecule has 3 aliphatic rings. The number of aromatic nitrogens is 2. The van der Waals surface area contributed by atoms with Crippen LogP contribution in [0.25, 0.3) is 0 Å². The Morgan fingerprint density at radius 2 is 1.94 bits per heavy atom. The van der Waals surface area contributed by atoms with Gasteiger partial charge in [0.25, 0.3) is 0 Å². The highest BCUT2D eigenvalue weighted by molar-refractivity contribution is 5.83. The van der Waals surface area contributed by atoms with Gasteiger partial charge in [-0.3, -0.25) is 24.5 Å². The second-order valence-corrected chi connectivity index (χ2v) is 10.4. The average Bonchev–Trinajstić information content (AvgIpc) is 3.41. The van der Waals surface area contributed by atoms with Crippen molar-refractivity contribution in [3.8, 4) is 5.75 Å². The summed E-state index contributed by atoms with van der Waals surface area (Å²) in [6, 6.07) is 8.23. The molecule has 1 N–H and O–H groups in total. The number of nitrogens with zero attached hydrogens (tertiary/aromatic N) is 4. The molecule has 2 fully saturated rings. The molecule has 2 aromatic rings. The quantitative estimate of drug-likeness (QED) is 0.710. The standard InChI is InChI=1S/C28H37N5O3/c34-26(33-16-5-8-24(33)23-20-29-13-14-30-23)21-32-17-11-28(12-18-32)10-4-3-7-22-6-1-2-9-25(22)36-19-15-31-27(28)35/h1-2,6,9,13-14,20,24H,3-5,7-8,10-12,15-19,21H2,(H,31,35). The molecule has 36 heavy (non-hydrogen) atoms. The number of nitrogens with one attached hydrogen (secondary N) is 1. The Morgan fingerprint density at radius 3 is 2.78 bits per heavy atom. The van der Waals surface area contributed by atoms with Gasteiger partial charge in [0.15, 0.2) is 0 Å². The summed E-state index contributed by atoms with van der Waals surface area (Å²) < 4.78 is 5.96. The fourth-order valence-electron chi connectivity index (χ4n) is 6.01. The summed E-state index contributed by atoms with van der Waals surface area (Å²) in [6.07, 6.45) is 12.5. The van der Waals surface area contributed by atoms with Crippen LogP contribution in [0.5, 0.6) is 5.75 Å². The molecule has 1 aromatic carbocycles. The first kappa shape index (κ1) is 24.7. The van der Waals surface area contributed by atoms with E-state index in [1.165, 1.54) is 5.56 Å². The van der Waals surface area contributed by atoms with Crippen molar-refractivity contribution in [1.29, 1.82) is 0 Å². The van der Waals surface area contributed by atoms with Gasteiger partial charge in [0.1, 0.15) is 12.4 Å². The lowest BCUT2D eigenvalue weighted by molar-refractivity contribution is -0.137. The highest BCUT2D eigenvalue weighted by Gasteiger charge is 2.41. The minimum absolute atomic E-state index is 0.0202. The number of carbonyl (C=O) groups excluding carboxylic acids is 2. The molecule has 2 saturated heterocycles. The number of ether oxygens (including phenoxy) is 1. The number of fused-ring (bicyclic) bond motifs is 1. The van der Waals surface area contributed by atoms with Crippen LogP contribution < -0.4 is 10.1 Å². The van der Waals surface area contributed by atoms with Crippen molar-refractivity contribution in [2.45, 2.75) is 57.4 Å². The maximum Gasteiger partial charge on any atom is 0.237 e. The molecule has 8 nitrogen and oxygen atoms in total. The van der Waals surface area contributed by atoms with Crippen LogP contribution in [-0.4, -0.2) is 70.9 Å². The van der Waals surface area contributed by atoms with Crippen molar-refractivity contribution in [3.63, 3.8) is 0 Å². The summed E-state index contributed by atoms with van der Waals surface area (Å²) in [7, 11) is 0. The van der Waals surface area contributed by atoms with E-state index < -0.39 is 0 Å². The minimum Gasteiger partial charge on any atom is -0.491 e. The van der Waals surface area contributed by atoms with Crippen LogP contribution in [0.15, 0.2) is 42.9 Å². The Kier molecular flexibility index (Phi) is 7.80. The van der Waals surface area contributed by atoms with Gasteiger partial charge in [0.2, 0.25) is 11.8 Å². The molecule has 4 heterocycles. The summed E-state index contributed by atoms with van der Waals surface area (Å²) >= 11 is 0. The average molecular weight is 492 g/mol. The fraction of sp³-hybridized carbons (Fsp3) is 0.571. The lowest BCUT2D eigenvalue weighted by Gasteiger charge is -2.41. The Labute approximate surface area is 213 Å². The normalized spacial score (nSPS) is 23.2. The van der Waals surface area contributed by atoms with Gasteiger partial charge in [-0.2, -0.15) is 0 Å². The molecule has 192 valence electrons. The molecule has 8 heteroatoms. The first-order valence-corrected chi connectivity index (χ1v) is 13.4. The number of piperidine rings is 1. The third-order valence-corrected chi connectivity index (χ3v) is 8.12. The van der Waals surface area contributed by atoms with E-state index in [0.717, 1.165) is 82.4 Å². The van der Waals surface area contributed by atoms with Gasteiger partial charge in [-0.25, -0.2) is 0 Å². The Morgan fingerprint density at radius 1 is 1.08 bits per heavy atom. The second-order valence-electron chi connectivity index (χ2n) is 10.4. The maximum atomic E-state index is 13.3. The van der Waals surface area contributed by atoms with Crippen molar-refractivity contribution in [1.82, 2.24) is 25.1 Å². The number of carbonyl (C=O) groups is 2. The molecular formula is C28H37N5O3. The van der Waals surface area contributed by atoms with E-state index in [2.05, 4.69) is 32.3 Å². The molecule has 1 unspecified atom stereocenters. The Balaban J connectivity index is 1.18. The first-order chi connectivity index (χ1) is 17.6. The zero-order chi connectivity index (χ0) is 24.8. The number of hydrogen-bond acceptors (Lipinski definition) is 6. The van der Waals surface area contributed by atoms with Crippen LogP contribution in [0.4, 0.5) is 0 Å².